The lowest BCUT2D eigenvalue weighted by Gasteiger charge is -2.14. The molecule has 2 fully saturated rings. The molecule has 1 saturated heterocycles. The number of anilines is 1. The Morgan fingerprint density at radius 3 is 2.67 bits per heavy atom. The fourth-order valence-electron chi connectivity index (χ4n) is 3.27. The highest BCUT2D eigenvalue weighted by molar-refractivity contribution is 6.00. The van der Waals surface area contributed by atoms with Crippen LogP contribution in [0.1, 0.15) is 44.6 Å². The van der Waals surface area contributed by atoms with E-state index in [1.54, 1.807) is 0 Å². The average molecular weight is 330 g/mol. The molecule has 5 nitrogen and oxygen atoms in total. The van der Waals surface area contributed by atoms with Crippen molar-refractivity contribution in [2.45, 2.75) is 45.1 Å². The number of amides is 2. The van der Waals surface area contributed by atoms with Gasteiger partial charge in [0.2, 0.25) is 11.8 Å². The lowest BCUT2D eigenvalue weighted by molar-refractivity contribution is -0.125. The number of hydrogen-bond acceptors (Lipinski definition) is 3. The minimum Gasteiger partial charge on any atom is -0.376 e. The molecular formula is C19H26N2O3. The first-order chi connectivity index (χ1) is 11.6. The smallest absolute Gasteiger partial charge is 0.228 e. The normalized spacial score (nSPS) is 25.5. The van der Waals surface area contributed by atoms with Crippen molar-refractivity contribution in [3.8, 4) is 0 Å². The summed E-state index contributed by atoms with van der Waals surface area (Å²) in [6.07, 6.45) is 2.83. The first-order valence-electron chi connectivity index (χ1n) is 8.85. The van der Waals surface area contributed by atoms with Crippen molar-refractivity contribution in [3.63, 3.8) is 0 Å². The molecule has 3 atom stereocenters. The van der Waals surface area contributed by atoms with E-state index in [0.717, 1.165) is 30.7 Å². The summed E-state index contributed by atoms with van der Waals surface area (Å²) in [5, 5.41) is 5.91. The number of benzene rings is 1. The molecule has 1 aromatic rings. The van der Waals surface area contributed by atoms with Crippen molar-refractivity contribution >= 4 is 17.5 Å². The highest BCUT2D eigenvalue weighted by atomic mass is 16.5. The zero-order valence-corrected chi connectivity index (χ0v) is 14.4. The quantitative estimate of drug-likeness (QED) is 0.843. The third-order valence-corrected chi connectivity index (χ3v) is 4.83. The summed E-state index contributed by atoms with van der Waals surface area (Å²) in [4.78, 5) is 24.6. The molecule has 0 aromatic heterocycles. The van der Waals surface area contributed by atoms with Gasteiger partial charge in [-0.15, -0.1) is 0 Å². The van der Waals surface area contributed by atoms with Crippen molar-refractivity contribution < 1.29 is 14.3 Å². The maximum Gasteiger partial charge on any atom is 0.228 e. The molecule has 1 aliphatic heterocycles. The lowest BCUT2D eigenvalue weighted by atomic mass is 10.0. The predicted molar refractivity (Wildman–Crippen MR) is 92.7 cm³/mol. The molecule has 0 bridgehead atoms. The molecule has 3 rings (SSSR count). The molecule has 0 radical (unpaired) electrons. The monoisotopic (exact) mass is 330 g/mol. The Balaban J connectivity index is 1.49. The van der Waals surface area contributed by atoms with Gasteiger partial charge >= 0.3 is 0 Å². The summed E-state index contributed by atoms with van der Waals surface area (Å²) in [7, 11) is 0. The maximum atomic E-state index is 12.4. The standard InChI is InChI=1S/C19H26N2O3/c1-12(2)14-7-3-4-8-17(14)21-19(23)16-10-15(16)18(22)20-11-13-6-5-9-24-13/h3-4,7-8,12-13,15-16H,5-6,9-11H2,1-2H3,(H,20,22)(H,21,23). The van der Waals surface area contributed by atoms with E-state index in [-0.39, 0.29) is 29.8 Å². The van der Waals surface area contributed by atoms with E-state index in [4.69, 9.17) is 4.74 Å². The van der Waals surface area contributed by atoms with Gasteiger partial charge in [-0.25, -0.2) is 0 Å². The van der Waals surface area contributed by atoms with E-state index >= 15 is 0 Å². The molecule has 0 spiro atoms. The fraction of sp³-hybridized carbons (Fsp3) is 0.579. The van der Waals surface area contributed by atoms with Crippen LogP contribution in [-0.2, 0) is 14.3 Å². The van der Waals surface area contributed by atoms with E-state index < -0.39 is 0 Å². The Morgan fingerprint density at radius 1 is 1.21 bits per heavy atom. The van der Waals surface area contributed by atoms with Gasteiger partial charge in [-0.3, -0.25) is 9.59 Å². The molecule has 2 amide bonds. The second-order valence-electron chi connectivity index (χ2n) is 7.06. The molecule has 1 aliphatic carbocycles. The molecular weight excluding hydrogens is 304 g/mol. The molecule has 1 aromatic carbocycles. The van der Waals surface area contributed by atoms with Crippen LogP contribution in [0.25, 0.3) is 0 Å². The number of ether oxygens (including phenoxy) is 1. The van der Waals surface area contributed by atoms with Crippen molar-refractivity contribution in [3.05, 3.63) is 29.8 Å². The maximum absolute atomic E-state index is 12.4. The van der Waals surface area contributed by atoms with Crippen LogP contribution in [0.4, 0.5) is 5.69 Å². The number of rotatable bonds is 6. The second kappa shape index (κ2) is 7.34. The molecule has 2 aliphatic rings. The van der Waals surface area contributed by atoms with Crippen LogP contribution in [-0.4, -0.2) is 31.1 Å². The first-order valence-corrected chi connectivity index (χ1v) is 8.85. The van der Waals surface area contributed by atoms with E-state index in [2.05, 4.69) is 24.5 Å². The molecule has 1 saturated carbocycles. The largest absolute Gasteiger partial charge is 0.376 e. The number of nitrogens with one attached hydrogen (secondary N) is 2. The Bertz CT molecular complexity index is 608. The van der Waals surface area contributed by atoms with E-state index in [9.17, 15) is 9.59 Å². The Labute approximate surface area is 143 Å². The third-order valence-electron chi connectivity index (χ3n) is 4.83. The van der Waals surface area contributed by atoms with E-state index in [1.807, 2.05) is 24.3 Å². The second-order valence-corrected chi connectivity index (χ2v) is 7.06. The Hall–Kier alpha value is -1.88. The number of carbonyl (C=O) groups excluding carboxylic acids is 2. The van der Waals surface area contributed by atoms with Gasteiger partial charge in [-0.1, -0.05) is 32.0 Å². The van der Waals surface area contributed by atoms with Gasteiger partial charge < -0.3 is 15.4 Å². The predicted octanol–water partition coefficient (Wildman–Crippen LogP) is 2.68. The lowest BCUT2D eigenvalue weighted by Crippen LogP contribution is -2.33. The highest BCUT2D eigenvalue weighted by Gasteiger charge is 2.48. The summed E-state index contributed by atoms with van der Waals surface area (Å²) < 4.78 is 5.50. The average Bonchev–Trinajstić information content (AvgIpc) is 3.21. The van der Waals surface area contributed by atoms with Gasteiger partial charge in [0.1, 0.15) is 0 Å². The number of para-hydroxylation sites is 1. The zero-order chi connectivity index (χ0) is 17.1. The van der Waals surface area contributed by atoms with Crippen molar-refractivity contribution in [2.75, 3.05) is 18.5 Å². The third kappa shape index (κ3) is 3.96. The van der Waals surface area contributed by atoms with Gasteiger partial charge in [0, 0.05) is 18.8 Å². The van der Waals surface area contributed by atoms with Crippen LogP contribution >= 0.6 is 0 Å². The highest BCUT2D eigenvalue weighted by Crippen LogP contribution is 2.40. The van der Waals surface area contributed by atoms with Crippen molar-refractivity contribution in [1.82, 2.24) is 5.32 Å². The van der Waals surface area contributed by atoms with Gasteiger partial charge in [0.25, 0.3) is 0 Å². The van der Waals surface area contributed by atoms with Gasteiger partial charge in [-0.2, -0.15) is 0 Å². The summed E-state index contributed by atoms with van der Waals surface area (Å²) in [5.74, 6) is -0.151. The minimum atomic E-state index is -0.213. The number of hydrogen-bond donors (Lipinski definition) is 2. The molecule has 130 valence electrons. The molecule has 24 heavy (non-hydrogen) atoms. The topological polar surface area (TPSA) is 67.4 Å². The summed E-state index contributed by atoms with van der Waals surface area (Å²) in [6, 6.07) is 7.84. The van der Waals surface area contributed by atoms with Gasteiger partial charge in [0.05, 0.1) is 17.9 Å². The van der Waals surface area contributed by atoms with Crippen LogP contribution in [0, 0.1) is 11.8 Å². The Kier molecular flexibility index (Phi) is 5.19. The van der Waals surface area contributed by atoms with Gasteiger partial charge in [0.15, 0.2) is 0 Å². The van der Waals surface area contributed by atoms with Crippen molar-refractivity contribution in [2.24, 2.45) is 11.8 Å². The van der Waals surface area contributed by atoms with Gasteiger partial charge in [-0.05, 0) is 36.8 Å². The first kappa shape index (κ1) is 17.0. The fourth-order valence-corrected chi connectivity index (χ4v) is 3.27. The SMILES string of the molecule is CC(C)c1ccccc1NC(=O)C1CC1C(=O)NCC1CCCO1. The van der Waals surface area contributed by atoms with Crippen LogP contribution in [0.2, 0.25) is 0 Å². The molecule has 3 unspecified atom stereocenters. The molecule has 2 N–H and O–H groups in total. The van der Waals surface area contributed by atoms with Crippen LogP contribution < -0.4 is 10.6 Å². The van der Waals surface area contributed by atoms with Crippen LogP contribution in [0.15, 0.2) is 24.3 Å². The number of carbonyl (C=O) groups is 2. The summed E-state index contributed by atoms with van der Waals surface area (Å²) in [6.45, 7) is 5.54. The van der Waals surface area contributed by atoms with Crippen molar-refractivity contribution in [1.29, 1.82) is 0 Å². The van der Waals surface area contributed by atoms with Crippen LogP contribution in [0.3, 0.4) is 0 Å². The van der Waals surface area contributed by atoms with Crippen LogP contribution in [0.5, 0.6) is 0 Å². The summed E-state index contributed by atoms with van der Waals surface area (Å²) in [5.41, 5.74) is 1.97. The van der Waals surface area contributed by atoms with E-state index in [1.165, 1.54) is 0 Å². The minimum absolute atomic E-state index is 0.0252. The zero-order valence-electron chi connectivity index (χ0n) is 14.4. The molecule has 5 heteroatoms. The Morgan fingerprint density at radius 2 is 1.96 bits per heavy atom. The summed E-state index contributed by atoms with van der Waals surface area (Å²) >= 11 is 0. The molecule has 1 heterocycles. The van der Waals surface area contributed by atoms with E-state index in [0.29, 0.717) is 18.9 Å².